The molecule has 0 radical (unpaired) electrons. The summed E-state index contributed by atoms with van der Waals surface area (Å²) < 4.78 is 42.7. The number of nitrogens with zero attached hydrogens (tertiary/aromatic N) is 2. The third kappa shape index (κ3) is 8.14. The Hall–Kier alpha value is -5.84. The van der Waals surface area contributed by atoms with Crippen LogP contribution in [-0.2, 0) is 40.5 Å². The lowest BCUT2D eigenvalue weighted by atomic mass is 9.65. The van der Waals surface area contributed by atoms with Crippen LogP contribution in [0.1, 0.15) is 47.7 Å². The Labute approximate surface area is 301 Å². The smallest absolute Gasteiger partial charge is 0.490 e. The molecule has 1 fully saturated rings. The van der Waals surface area contributed by atoms with E-state index in [0.717, 1.165) is 18.4 Å². The number of nitrogen functional groups attached to an aromatic ring is 1. The number of fused-ring (bicyclic) bond motifs is 1. The normalized spacial score (nSPS) is 20.3. The minimum absolute atomic E-state index is 0.109. The number of anilines is 2. The second kappa shape index (κ2) is 16.2. The van der Waals surface area contributed by atoms with Crippen LogP contribution in [0.2, 0.25) is 0 Å². The Balaban J connectivity index is 0.000000815. The van der Waals surface area contributed by atoms with Crippen LogP contribution < -0.4 is 26.0 Å². The highest BCUT2D eigenvalue weighted by atomic mass is 19.4. The molecule has 2 aliphatic heterocycles. The van der Waals surface area contributed by atoms with Crippen LogP contribution in [0.15, 0.2) is 66.9 Å². The van der Waals surface area contributed by atoms with Crippen molar-refractivity contribution in [1.29, 1.82) is 0 Å². The van der Waals surface area contributed by atoms with E-state index in [1.807, 2.05) is 12.1 Å². The summed E-state index contributed by atoms with van der Waals surface area (Å²) >= 11 is 0. The van der Waals surface area contributed by atoms with Crippen LogP contribution in [0.5, 0.6) is 5.75 Å². The molecule has 14 nitrogen and oxygen atoms in total. The average molecular weight is 742 g/mol. The number of carbonyl (C=O) groups excluding carboxylic acids is 5. The van der Waals surface area contributed by atoms with Crippen molar-refractivity contribution in [1.82, 2.24) is 15.6 Å². The van der Waals surface area contributed by atoms with Gasteiger partial charge in [-0.3, -0.25) is 14.9 Å². The van der Waals surface area contributed by atoms with Crippen molar-refractivity contribution in [3.05, 3.63) is 83.6 Å². The quantitative estimate of drug-likeness (QED) is 0.0812. The number of rotatable bonds is 14. The maximum atomic E-state index is 13.7. The van der Waals surface area contributed by atoms with Crippen molar-refractivity contribution >= 4 is 47.8 Å². The summed E-state index contributed by atoms with van der Waals surface area (Å²) in [5.41, 5.74) is 3.53. The predicted octanol–water partition coefficient (Wildman–Crippen LogP) is 2.77. The highest BCUT2D eigenvalue weighted by Crippen LogP contribution is 2.54. The van der Waals surface area contributed by atoms with E-state index in [1.54, 1.807) is 61.7 Å². The van der Waals surface area contributed by atoms with Crippen LogP contribution in [-0.4, -0.2) is 90.5 Å². The Morgan fingerprint density at radius 2 is 1.77 bits per heavy atom. The molecule has 0 bridgehead atoms. The zero-order valence-electron chi connectivity index (χ0n) is 28.8. The van der Waals surface area contributed by atoms with Gasteiger partial charge in [0.1, 0.15) is 18.1 Å². The third-order valence-corrected chi connectivity index (χ3v) is 9.29. The summed E-state index contributed by atoms with van der Waals surface area (Å²) in [7, 11) is 1.21. The van der Waals surface area contributed by atoms with Gasteiger partial charge in [0, 0.05) is 24.6 Å². The van der Waals surface area contributed by atoms with Gasteiger partial charge in [0.25, 0.3) is 5.91 Å². The number of nitrogens with two attached hydrogens (primary N) is 1. The molecule has 0 spiro atoms. The third-order valence-electron chi connectivity index (χ3n) is 9.29. The number of hydrogen-bond donors (Lipinski definition) is 4. The number of aromatic nitrogens is 1. The van der Waals surface area contributed by atoms with Crippen molar-refractivity contribution in [3.8, 4) is 5.75 Å². The molecule has 282 valence electrons. The van der Waals surface area contributed by atoms with Crippen LogP contribution in [0.25, 0.3) is 0 Å². The second-order valence-corrected chi connectivity index (χ2v) is 12.5. The van der Waals surface area contributed by atoms with E-state index in [9.17, 15) is 37.1 Å². The summed E-state index contributed by atoms with van der Waals surface area (Å²) in [6.45, 7) is 1.83. The van der Waals surface area contributed by atoms with Gasteiger partial charge in [-0.05, 0) is 54.7 Å². The SMILES string of the molecule is COC(=O)[C@]1(C(C)(CN2C(=O)CNC(=O)c3cc(CCCCOc4cccnc4N)ccc32)c2ccccc2)NC1(C=O)CC=O.O=C(O)C(F)(F)F. The van der Waals surface area contributed by atoms with E-state index in [-0.39, 0.29) is 19.5 Å². The molecule has 3 atom stereocenters. The number of aliphatic carboxylic acids is 1. The molecular formula is C36H38F3N5O9. The fraction of sp³-hybridized carbons (Fsp3) is 0.361. The number of carboxylic acid groups (broad SMARTS) is 1. The van der Waals surface area contributed by atoms with Gasteiger partial charge in [0.05, 0.1) is 31.5 Å². The molecular weight excluding hydrogens is 703 g/mol. The highest BCUT2D eigenvalue weighted by molar-refractivity contribution is 6.10. The van der Waals surface area contributed by atoms with E-state index < -0.39 is 46.4 Å². The number of carbonyl (C=O) groups is 6. The molecule has 3 heterocycles. The molecule has 3 aromatic rings. The summed E-state index contributed by atoms with van der Waals surface area (Å²) in [5, 5.41) is 12.8. The molecule has 2 aliphatic rings. The number of pyridine rings is 1. The first-order valence-electron chi connectivity index (χ1n) is 16.3. The van der Waals surface area contributed by atoms with Crippen LogP contribution in [0.3, 0.4) is 0 Å². The molecule has 0 aliphatic carbocycles. The number of amides is 2. The molecule has 5 rings (SSSR count). The molecule has 5 N–H and O–H groups in total. The van der Waals surface area contributed by atoms with Gasteiger partial charge in [-0.1, -0.05) is 43.3 Å². The first-order valence-corrected chi connectivity index (χ1v) is 16.3. The largest absolute Gasteiger partial charge is 0.490 e. The number of methoxy groups -OCH3 is 1. The van der Waals surface area contributed by atoms with Crippen molar-refractivity contribution < 1.29 is 56.5 Å². The van der Waals surface area contributed by atoms with Crippen LogP contribution >= 0.6 is 0 Å². The molecule has 0 saturated carbocycles. The van der Waals surface area contributed by atoms with Crippen molar-refractivity contribution in [2.45, 2.75) is 55.3 Å². The predicted molar refractivity (Wildman–Crippen MR) is 183 cm³/mol. The van der Waals surface area contributed by atoms with Crippen molar-refractivity contribution in [2.75, 3.05) is 37.4 Å². The molecule has 2 aromatic carbocycles. The Kier molecular flexibility index (Phi) is 12.2. The maximum Gasteiger partial charge on any atom is 0.490 e. The fourth-order valence-corrected chi connectivity index (χ4v) is 6.54. The highest BCUT2D eigenvalue weighted by Gasteiger charge is 2.80. The number of aldehydes is 2. The van der Waals surface area contributed by atoms with Gasteiger partial charge in [-0.25, -0.2) is 14.6 Å². The molecule has 1 saturated heterocycles. The van der Waals surface area contributed by atoms with E-state index in [0.29, 0.717) is 54.0 Å². The fourth-order valence-electron chi connectivity index (χ4n) is 6.54. The molecule has 53 heavy (non-hydrogen) atoms. The summed E-state index contributed by atoms with van der Waals surface area (Å²) in [5.74, 6) is -3.44. The number of nitrogens with one attached hydrogen (secondary N) is 2. The van der Waals surface area contributed by atoms with Gasteiger partial charge in [-0.2, -0.15) is 13.2 Å². The first kappa shape index (κ1) is 39.9. The van der Waals surface area contributed by atoms with Crippen LogP contribution in [0.4, 0.5) is 24.7 Å². The van der Waals surface area contributed by atoms with Gasteiger partial charge in [-0.15, -0.1) is 0 Å². The number of unbranched alkanes of at least 4 members (excludes halogenated alkanes) is 1. The Bertz CT molecular complexity index is 1860. The van der Waals surface area contributed by atoms with Crippen molar-refractivity contribution in [2.24, 2.45) is 0 Å². The lowest BCUT2D eigenvalue weighted by Crippen LogP contribution is -2.59. The van der Waals surface area contributed by atoms with Crippen molar-refractivity contribution in [3.63, 3.8) is 0 Å². The standard InChI is InChI=1S/C34H37N5O7.C2HF3O2/c1-32(24-10-4-3-5-11-24,34(31(44)45-2)33(22-41,38-34)15-17-40)21-39-26-14-13-23(19-25(26)30(43)37-20-28(39)42)9-6-7-18-46-27-12-8-16-36-29(27)35;3-2(4,5)1(6)7/h3-5,8,10-14,16-17,19,22,38H,6-7,9,15,18,20-21H2,1-2H3,(H2,35,36)(H,37,43);(H,6,7)/t32?,33?,34-;/m1./s1. The average Bonchev–Trinajstić information content (AvgIpc) is 3.85. The lowest BCUT2D eigenvalue weighted by Gasteiger charge is -2.41. The van der Waals surface area contributed by atoms with Crippen LogP contribution in [0, 0.1) is 0 Å². The number of aryl methyl sites for hydroxylation is 1. The molecule has 2 unspecified atom stereocenters. The number of carboxylic acids is 1. The van der Waals surface area contributed by atoms with Gasteiger partial charge in [0.15, 0.2) is 17.1 Å². The number of ether oxygens (including phenoxy) is 2. The Morgan fingerprint density at radius 3 is 2.38 bits per heavy atom. The number of benzene rings is 2. The zero-order valence-corrected chi connectivity index (χ0v) is 28.8. The zero-order chi connectivity index (χ0) is 39.0. The topological polar surface area (TPSA) is 217 Å². The number of hydrogen-bond acceptors (Lipinski definition) is 11. The summed E-state index contributed by atoms with van der Waals surface area (Å²) in [4.78, 5) is 79.1. The van der Waals surface area contributed by atoms with E-state index in [1.165, 1.54) is 12.0 Å². The Morgan fingerprint density at radius 1 is 1.08 bits per heavy atom. The summed E-state index contributed by atoms with van der Waals surface area (Å²) in [6, 6.07) is 17.9. The van der Waals surface area contributed by atoms with E-state index in [2.05, 4.69) is 15.6 Å². The van der Waals surface area contributed by atoms with Gasteiger partial charge < -0.3 is 40.1 Å². The molecule has 1 aromatic heterocycles. The maximum absolute atomic E-state index is 13.7. The molecule has 17 heteroatoms. The summed E-state index contributed by atoms with van der Waals surface area (Å²) in [6.07, 6.45) is -0.458. The number of alkyl halides is 3. The van der Waals surface area contributed by atoms with E-state index >= 15 is 0 Å². The number of halogens is 3. The molecule has 2 amide bonds. The second-order valence-electron chi connectivity index (χ2n) is 12.5. The van der Waals surface area contributed by atoms with E-state index in [4.69, 9.17) is 25.1 Å². The minimum atomic E-state index is -5.08. The van der Waals surface area contributed by atoms with Gasteiger partial charge >= 0.3 is 18.1 Å². The van der Waals surface area contributed by atoms with Gasteiger partial charge in [0.2, 0.25) is 5.91 Å². The monoisotopic (exact) mass is 741 g/mol. The first-order chi connectivity index (χ1) is 25.1. The number of esters is 1. The lowest BCUT2D eigenvalue weighted by molar-refractivity contribution is -0.192. The minimum Gasteiger partial charge on any atom is -0.490 e.